The largest absolute Gasteiger partial charge is 0.465 e. The van der Waals surface area contributed by atoms with Crippen LogP contribution in [0.2, 0.25) is 0 Å². The van der Waals surface area contributed by atoms with Gasteiger partial charge in [-0.3, -0.25) is 4.67 Å². The maximum Gasteiger partial charge on any atom is 0.175 e. The van der Waals surface area contributed by atoms with E-state index in [2.05, 4.69) is 19.9 Å². The molecule has 0 amide bonds. The maximum atomic E-state index is 13.7. The highest BCUT2D eigenvalue weighted by Crippen LogP contribution is 2.82. The number of benzene rings is 1. The minimum Gasteiger partial charge on any atom is -0.465 e. The molecular weight excluding hydrogens is 356 g/mol. The van der Waals surface area contributed by atoms with Crippen LogP contribution in [-0.2, 0) is 16.4 Å². The molecule has 4 rings (SSSR count). The second-order valence-corrected chi connectivity index (χ2v) is 14.6. The number of allylic oxidation sites excluding steroid dienone is 3. The highest BCUT2D eigenvalue weighted by molar-refractivity contribution is 8.13. The van der Waals surface area contributed by atoms with Crippen LogP contribution in [0.1, 0.15) is 13.8 Å². The Morgan fingerprint density at radius 1 is 1.12 bits per heavy atom. The number of para-hydroxylation sites is 1. The van der Waals surface area contributed by atoms with Crippen LogP contribution in [0.25, 0.3) is 0 Å². The van der Waals surface area contributed by atoms with Crippen molar-refractivity contribution in [3.63, 3.8) is 0 Å². The summed E-state index contributed by atoms with van der Waals surface area (Å²) < 4.78 is 22.1. The first-order valence-electron chi connectivity index (χ1n) is 8.28. The van der Waals surface area contributed by atoms with E-state index < -0.39 is 13.6 Å². The van der Waals surface area contributed by atoms with Crippen molar-refractivity contribution in [2.24, 2.45) is 5.92 Å². The van der Waals surface area contributed by atoms with E-state index in [4.69, 9.17) is 16.3 Å². The summed E-state index contributed by atoms with van der Waals surface area (Å²) in [6.07, 6.45) is 0.123. The first-order chi connectivity index (χ1) is 11.3. The van der Waals surface area contributed by atoms with Gasteiger partial charge in [0.15, 0.2) is 7.29 Å². The Labute approximate surface area is 149 Å². The van der Waals surface area contributed by atoms with E-state index in [1.54, 1.807) is 0 Å². The minimum atomic E-state index is -2.55. The van der Waals surface area contributed by atoms with Crippen molar-refractivity contribution in [2.45, 2.75) is 30.8 Å². The van der Waals surface area contributed by atoms with Gasteiger partial charge < -0.3 is 9.09 Å². The third-order valence-electron chi connectivity index (χ3n) is 5.72. The maximum absolute atomic E-state index is 13.7. The fourth-order valence-electron chi connectivity index (χ4n) is 4.74. The molecule has 3 heterocycles. The van der Waals surface area contributed by atoms with Gasteiger partial charge in [0.2, 0.25) is 0 Å². The summed E-state index contributed by atoms with van der Waals surface area (Å²) in [4.78, 5) is 0. The van der Waals surface area contributed by atoms with Crippen LogP contribution in [0.4, 0.5) is 0 Å². The monoisotopic (exact) mass is 379 g/mol. The van der Waals surface area contributed by atoms with Crippen molar-refractivity contribution >= 4 is 25.4 Å². The molecule has 3 aliphatic heterocycles. The first-order valence-corrected chi connectivity index (χ1v) is 12.9. The summed E-state index contributed by atoms with van der Waals surface area (Å²) in [6.45, 7) is 4.29. The molecular formula is C18H23NO2P2S. The SMILES string of the molecule is CC1=C[P@@](=O)(N(C)C)[C@H]2[C@@H]1[C@H]1C(C)=C[C@@H]2P1(=S)Oc1ccccc1. The zero-order chi connectivity index (χ0) is 17.3. The molecule has 2 bridgehead atoms. The highest BCUT2D eigenvalue weighted by atomic mass is 32.4. The third kappa shape index (κ3) is 2.07. The lowest BCUT2D eigenvalue weighted by atomic mass is 9.85. The molecule has 0 aliphatic carbocycles. The molecule has 128 valence electrons. The van der Waals surface area contributed by atoms with Crippen molar-refractivity contribution in [1.82, 2.24) is 4.67 Å². The Morgan fingerprint density at radius 3 is 2.42 bits per heavy atom. The van der Waals surface area contributed by atoms with Crippen LogP contribution in [0.15, 0.2) is 53.4 Å². The lowest BCUT2D eigenvalue weighted by molar-refractivity contribution is 0.493. The van der Waals surface area contributed by atoms with Gasteiger partial charge in [0.25, 0.3) is 0 Å². The van der Waals surface area contributed by atoms with Crippen LogP contribution < -0.4 is 4.52 Å². The molecule has 1 aromatic rings. The molecule has 1 saturated heterocycles. The summed E-state index contributed by atoms with van der Waals surface area (Å²) in [5.41, 5.74) is 3.01. The Morgan fingerprint density at radius 2 is 1.79 bits per heavy atom. The molecule has 1 unspecified atom stereocenters. The molecule has 6 heteroatoms. The van der Waals surface area contributed by atoms with E-state index in [-0.39, 0.29) is 22.9 Å². The quantitative estimate of drug-likeness (QED) is 0.551. The molecule has 1 fully saturated rings. The second-order valence-electron chi connectivity index (χ2n) is 7.30. The molecule has 0 N–H and O–H groups in total. The van der Waals surface area contributed by atoms with E-state index in [0.717, 1.165) is 5.75 Å². The molecule has 0 aromatic heterocycles. The standard InChI is InChI=1S/C18H23NO2P2S/c1-12-10-15-18-16(13(2)11-22(18,20)19(3)4)17(12)23(15,24)21-14-8-6-5-7-9-14/h5-11,15-18H,1-4H3/t15-,16-,17+,18+,22-,23?/m0/s1. The Kier molecular flexibility index (Phi) is 3.79. The summed E-state index contributed by atoms with van der Waals surface area (Å²) in [5.74, 6) is 3.17. The van der Waals surface area contributed by atoms with E-state index in [1.807, 2.05) is 54.9 Å². The van der Waals surface area contributed by atoms with E-state index in [9.17, 15) is 4.57 Å². The van der Waals surface area contributed by atoms with Gasteiger partial charge in [-0.1, -0.05) is 47.2 Å². The van der Waals surface area contributed by atoms with Crippen molar-refractivity contribution < 1.29 is 9.09 Å². The van der Waals surface area contributed by atoms with Gasteiger partial charge >= 0.3 is 0 Å². The smallest absolute Gasteiger partial charge is 0.175 e. The van der Waals surface area contributed by atoms with E-state index in [0.29, 0.717) is 0 Å². The zero-order valence-corrected chi connectivity index (χ0v) is 17.0. The van der Waals surface area contributed by atoms with Gasteiger partial charge in [0.1, 0.15) is 12.0 Å². The predicted octanol–water partition coefficient (Wildman–Crippen LogP) is 4.91. The van der Waals surface area contributed by atoms with Gasteiger partial charge in [-0.15, -0.1) is 0 Å². The second kappa shape index (κ2) is 5.42. The van der Waals surface area contributed by atoms with Gasteiger partial charge in [-0.2, -0.15) is 0 Å². The highest BCUT2D eigenvalue weighted by Gasteiger charge is 2.67. The van der Waals surface area contributed by atoms with Gasteiger partial charge in [-0.05, 0) is 45.9 Å². The normalized spacial score (nSPS) is 42.9. The number of fused-ring (bicyclic) bond motifs is 5. The van der Waals surface area contributed by atoms with Crippen LogP contribution in [0, 0.1) is 5.92 Å². The van der Waals surface area contributed by atoms with Crippen molar-refractivity contribution in [1.29, 1.82) is 0 Å². The Bertz CT molecular complexity index is 846. The van der Waals surface area contributed by atoms with E-state index in [1.165, 1.54) is 11.1 Å². The van der Waals surface area contributed by atoms with Crippen molar-refractivity contribution in [3.8, 4) is 5.75 Å². The van der Waals surface area contributed by atoms with Crippen molar-refractivity contribution in [2.75, 3.05) is 14.1 Å². The molecule has 0 radical (unpaired) electrons. The topological polar surface area (TPSA) is 29.5 Å². The van der Waals surface area contributed by atoms with Crippen LogP contribution in [0.5, 0.6) is 5.75 Å². The van der Waals surface area contributed by atoms with Crippen molar-refractivity contribution in [3.05, 3.63) is 53.4 Å². The Hall–Kier alpha value is -0.660. The number of nitrogens with zero attached hydrogens (tertiary/aromatic N) is 1. The summed E-state index contributed by atoms with van der Waals surface area (Å²) >= 11 is 6.20. The lowest BCUT2D eigenvalue weighted by Gasteiger charge is -2.31. The van der Waals surface area contributed by atoms with E-state index >= 15 is 0 Å². The first kappa shape index (κ1) is 16.8. The fraction of sp³-hybridized carbons (Fsp3) is 0.444. The number of hydrogen-bond donors (Lipinski definition) is 0. The minimum absolute atomic E-state index is 0.0933. The van der Waals surface area contributed by atoms with Gasteiger partial charge in [0, 0.05) is 11.6 Å². The average molecular weight is 379 g/mol. The number of hydrogen-bond acceptors (Lipinski definition) is 3. The fourth-order valence-corrected chi connectivity index (χ4v) is 14.8. The lowest BCUT2D eigenvalue weighted by Crippen LogP contribution is -2.31. The Balaban J connectivity index is 1.81. The van der Waals surface area contributed by atoms with Crippen LogP contribution >= 0.6 is 13.6 Å². The molecule has 0 saturated carbocycles. The molecule has 3 aliphatic rings. The number of rotatable bonds is 3. The van der Waals surface area contributed by atoms with Crippen LogP contribution in [-0.4, -0.2) is 35.7 Å². The predicted molar refractivity (Wildman–Crippen MR) is 105 cm³/mol. The summed E-state index contributed by atoms with van der Waals surface area (Å²) in [7, 11) is 1.31. The summed E-state index contributed by atoms with van der Waals surface area (Å²) in [6, 6.07) is 9.89. The molecule has 24 heavy (non-hydrogen) atoms. The summed E-state index contributed by atoms with van der Waals surface area (Å²) in [5, 5.41) is 0. The molecule has 6 atom stereocenters. The van der Waals surface area contributed by atoms with Gasteiger partial charge in [0.05, 0.1) is 11.3 Å². The molecule has 0 spiro atoms. The molecule has 1 aromatic carbocycles. The average Bonchev–Trinajstić information content (AvgIpc) is 3.03. The van der Waals surface area contributed by atoms with Crippen LogP contribution in [0.3, 0.4) is 0 Å². The van der Waals surface area contributed by atoms with Gasteiger partial charge in [-0.25, -0.2) is 0 Å². The third-order valence-corrected chi connectivity index (χ3v) is 14.4. The molecule has 3 nitrogen and oxygen atoms in total. The zero-order valence-electron chi connectivity index (χ0n) is 14.4.